The van der Waals surface area contributed by atoms with Crippen LogP contribution >= 0.6 is 11.3 Å². The number of aromatic nitrogens is 2. The molecule has 0 aliphatic carbocycles. The molecule has 20 heavy (non-hydrogen) atoms. The quantitative estimate of drug-likeness (QED) is 0.945. The van der Waals surface area contributed by atoms with Crippen LogP contribution in [0.5, 0.6) is 0 Å². The maximum Gasteiger partial charge on any atom is 0.416 e. The Morgan fingerprint density at radius 3 is 2.75 bits per heavy atom. The number of hydrogen-bond donors (Lipinski definition) is 1. The van der Waals surface area contributed by atoms with Crippen molar-refractivity contribution in [1.82, 2.24) is 9.97 Å². The highest BCUT2D eigenvalue weighted by molar-refractivity contribution is 7.13. The van der Waals surface area contributed by atoms with Crippen molar-refractivity contribution < 1.29 is 18.0 Å². The van der Waals surface area contributed by atoms with E-state index in [1.807, 2.05) is 6.92 Å². The molecule has 0 unspecified atom stereocenters. The van der Waals surface area contributed by atoms with E-state index in [2.05, 4.69) is 15.3 Å². The number of anilines is 1. The predicted octanol–water partition coefficient (Wildman–Crippen LogP) is 3.37. The Hall–Kier alpha value is -1.96. The molecule has 0 atom stereocenters. The minimum atomic E-state index is -4.47. The van der Waals surface area contributed by atoms with Crippen molar-refractivity contribution in [2.24, 2.45) is 0 Å². The van der Waals surface area contributed by atoms with Gasteiger partial charge >= 0.3 is 6.18 Å². The molecule has 106 valence electrons. The fourth-order valence-corrected chi connectivity index (χ4v) is 2.18. The summed E-state index contributed by atoms with van der Waals surface area (Å²) in [6.07, 6.45) is -1.38. The van der Waals surface area contributed by atoms with Crippen molar-refractivity contribution >= 4 is 23.1 Å². The molecule has 0 saturated heterocycles. The van der Waals surface area contributed by atoms with E-state index in [4.69, 9.17) is 0 Å². The third-order valence-electron chi connectivity index (χ3n) is 2.41. The number of rotatable bonds is 3. The van der Waals surface area contributed by atoms with Gasteiger partial charge in [0, 0.05) is 6.20 Å². The van der Waals surface area contributed by atoms with Gasteiger partial charge in [-0.2, -0.15) is 13.2 Å². The Morgan fingerprint density at radius 1 is 1.40 bits per heavy atom. The summed E-state index contributed by atoms with van der Waals surface area (Å²) in [6.45, 7) is 1.90. The second-order valence-corrected chi connectivity index (χ2v) is 4.97. The van der Waals surface area contributed by atoms with E-state index in [0.29, 0.717) is 11.3 Å². The van der Waals surface area contributed by atoms with Crippen molar-refractivity contribution in [1.29, 1.82) is 0 Å². The van der Waals surface area contributed by atoms with E-state index in [0.717, 1.165) is 23.3 Å². The lowest BCUT2D eigenvalue weighted by molar-refractivity contribution is -0.137. The van der Waals surface area contributed by atoms with E-state index in [9.17, 15) is 18.0 Å². The molecule has 2 aromatic rings. The zero-order valence-corrected chi connectivity index (χ0v) is 11.2. The van der Waals surface area contributed by atoms with Gasteiger partial charge in [0.1, 0.15) is 10.7 Å². The summed E-state index contributed by atoms with van der Waals surface area (Å²) in [5.74, 6) is -0.662. The van der Waals surface area contributed by atoms with Gasteiger partial charge in [0.05, 0.1) is 16.8 Å². The number of thiazole rings is 1. The van der Waals surface area contributed by atoms with Crippen LogP contribution in [0.15, 0.2) is 24.5 Å². The lowest BCUT2D eigenvalue weighted by Gasteiger charge is -2.08. The molecule has 0 aromatic carbocycles. The number of aryl methyl sites for hydroxylation is 1. The number of nitrogens with one attached hydrogen (secondary N) is 1. The van der Waals surface area contributed by atoms with E-state index in [-0.39, 0.29) is 5.82 Å². The minimum absolute atomic E-state index is 0.142. The molecule has 8 heteroatoms. The van der Waals surface area contributed by atoms with Crippen molar-refractivity contribution in [3.63, 3.8) is 0 Å². The molecule has 0 fully saturated rings. The molecule has 0 aliphatic heterocycles. The Morgan fingerprint density at radius 2 is 2.15 bits per heavy atom. The normalized spacial score (nSPS) is 11.4. The number of nitrogens with zero attached hydrogens (tertiary/aromatic N) is 2. The summed E-state index contributed by atoms with van der Waals surface area (Å²) in [5, 5.41) is 3.11. The first kappa shape index (κ1) is 14.4. The molecule has 1 N–H and O–H groups in total. The molecule has 0 radical (unpaired) electrons. The fourth-order valence-electron chi connectivity index (χ4n) is 1.43. The maximum atomic E-state index is 12.5. The molecule has 1 amide bonds. The van der Waals surface area contributed by atoms with Crippen LogP contribution in [-0.2, 0) is 12.6 Å². The summed E-state index contributed by atoms with van der Waals surface area (Å²) >= 11 is 1.20. The van der Waals surface area contributed by atoms with Crippen LogP contribution < -0.4 is 5.32 Å². The Kier molecular flexibility index (Phi) is 4.03. The van der Waals surface area contributed by atoms with Gasteiger partial charge in [-0.15, -0.1) is 11.3 Å². The number of hydrogen-bond acceptors (Lipinski definition) is 4. The number of carbonyl (C=O) groups excluding carboxylic acids is 1. The smallest absolute Gasteiger partial charge is 0.306 e. The first-order valence-corrected chi connectivity index (χ1v) is 6.51. The third-order valence-corrected chi connectivity index (χ3v) is 3.55. The van der Waals surface area contributed by atoms with Crippen molar-refractivity contribution in [2.75, 3.05) is 5.32 Å². The van der Waals surface area contributed by atoms with Crippen LogP contribution in [0.25, 0.3) is 0 Å². The van der Waals surface area contributed by atoms with Gasteiger partial charge in [0.2, 0.25) is 0 Å². The summed E-state index contributed by atoms with van der Waals surface area (Å²) in [7, 11) is 0. The van der Waals surface area contributed by atoms with Crippen LogP contribution in [0, 0.1) is 0 Å². The summed E-state index contributed by atoms with van der Waals surface area (Å²) in [5.41, 5.74) is -0.860. The molecular formula is C12H10F3N3OS. The molecule has 0 spiro atoms. The monoisotopic (exact) mass is 301 g/mol. The van der Waals surface area contributed by atoms with Crippen molar-refractivity contribution in [3.05, 3.63) is 40.0 Å². The van der Waals surface area contributed by atoms with E-state index in [1.54, 1.807) is 0 Å². The molecular weight excluding hydrogens is 291 g/mol. The highest BCUT2D eigenvalue weighted by atomic mass is 32.1. The van der Waals surface area contributed by atoms with Crippen LogP contribution in [0.3, 0.4) is 0 Å². The van der Waals surface area contributed by atoms with Crippen molar-refractivity contribution in [3.8, 4) is 0 Å². The number of amides is 1. The zero-order chi connectivity index (χ0) is 14.8. The third kappa shape index (κ3) is 3.32. The SMILES string of the molecule is CCc1ncc(C(=O)Nc2cc(C(F)(F)F)ccn2)s1. The Labute approximate surface area is 116 Å². The largest absolute Gasteiger partial charge is 0.416 e. The van der Waals surface area contributed by atoms with Gasteiger partial charge in [0.15, 0.2) is 0 Å². The molecule has 0 bridgehead atoms. The zero-order valence-electron chi connectivity index (χ0n) is 10.4. The summed E-state index contributed by atoms with van der Waals surface area (Å²) < 4.78 is 37.6. The van der Waals surface area contributed by atoms with Gasteiger partial charge in [-0.25, -0.2) is 9.97 Å². The standard InChI is InChI=1S/C12H10F3N3OS/c1-2-10-17-6-8(20-10)11(19)18-9-5-7(3-4-16-9)12(13,14)15/h3-6H,2H2,1H3,(H,16,18,19). The van der Waals surface area contributed by atoms with Crippen LogP contribution in [0.4, 0.5) is 19.0 Å². The molecule has 0 aliphatic rings. The number of alkyl halides is 3. The number of halogens is 3. The second kappa shape index (κ2) is 5.58. The highest BCUT2D eigenvalue weighted by Crippen LogP contribution is 2.30. The van der Waals surface area contributed by atoms with Gasteiger partial charge in [-0.05, 0) is 18.6 Å². The summed E-state index contributed by atoms with van der Waals surface area (Å²) in [4.78, 5) is 19.9. The average Bonchev–Trinajstić information content (AvgIpc) is 2.87. The Balaban J connectivity index is 2.15. The van der Waals surface area contributed by atoms with E-state index < -0.39 is 17.6 Å². The first-order chi connectivity index (χ1) is 9.40. The maximum absolute atomic E-state index is 12.5. The number of pyridine rings is 1. The molecule has 2 rings (SSSR count). The second-order valence-electron chi connectivity index (χ2n) is 3.85. The lowest BCUT2D eigenvalue weighted by atomic mass is 10.2. The van der Waals surface area contributed by atoms with Crippen LogP contribution in [0.2, 0.25) is 0 Å². The summed E-state index contributed by atoms with van der Waals surface area (Å²) in [6, 6.07) is 1.64. The van der Waals surface area contributed by atoms with Crippen molar-refractivity contribution in [2.45, 2.75) is 19.5 Å². The number of carbonyl (C=O) groups is 1. The first-order valence-electron chi connectivity index (χ1n) is 5.69. The predicted molar refractivity (Wildman–Crippen MR) is 68.7 cm³/mol. The van der Waals surface area contributed by atoms with Crippen LogP contribution in [0.1, 0.15) is 27.2 Å². The highest BCUT2D eigenvalue weighted by Gasteiger charge is 2.30. The van der Waals surface area contributed by atoms with Gasteiger partial charge in [-0.1, -0.05) is 6.92 Å². The molecule has 0 saturated carbocycles. The minimum Gasteiger partial charge on any atom is -0.306 e. The van der Waals surface area contributed by atoms with Crippen LogP contribution in [-0.4, -0.2) is 15.9 Å². The van der Waals surface area contributed by atoms with E-state index >= 15 is 0 Å². The fraction of sp³-hybridized carbons (Fsp3) is 0.250. The molecule has 4 nitrogen and oxygen atoms in total. The van der Waals surface area contributed by atoms with Gasteiger partial charge < -0.3 is 5.32 Å². The topological polar surface area (TPSA) is 54.9 Å². The van der Waals surface area contributed by atoms with Gasteiger partial charge in [0.25, 0.3) is 5.91 Å². The van der Waals surface area contributed by atoms with E-state index in [1.165, 1.54) is 17.5 Å². The Bertz CT molecular complexity index is 624. The van der Waals surface area contributed by atoms with Gasteiger partial charge in [-0.3, -0.25) is 4.79 Å². The molecule has 2 aromatic heterocycles. The average molecular weight is 301 g/mol. The molecule has 2 heterocycles. The lowest BCUT2D eigenvalue weighted by Crippen LogP contribution is -2.13.